The van der Waals surface area contributed by atoms with Gasteiger partial charge in [-0.1, -0.05) is 36.4 Å². The first kappa shape index (κ1) is 10.7. The Labute approximate surface area is 107 Å². The first-order valence-corrected chi connectivity index (χ1v) is 6.44. The van der Waals surface area contributed by atoms with Crippen LogP contribution in [0.15, 0.2) is 48.5 Å². The highest BCUT2D eigenvalue weighted by Crippen LogP contribution is 2.27. The maximum Gasteiger partial charge on any atom is 0.0157 e. The van der Waals surface area contributed by atoms with Crippen molar-refractivity contribution in [2.24, 2.45) is 0 Å². The molecule has 0 saturated carbocycles. The molecule has 0 aliphatic carbocycles. The smallest absolute Gasteiger partial charge is 0.0157 e. The van der Waals surface area contributed by atoms with Gasteiger partial charge >= 0.3 is 0 Å². The Morgan fingerprint density at radius 2 is 1.59 bits per heavy atom. The third-order valence-corrected chi connectivity index (χ3v) is 3.78. The Balaban J connectivity index is 2.44. The van der Waals surface area contributed by atoms with E-state index in [1.54, 1.807) is 0 Å². The van der Waals surface area contributed by atoms with Gasteiger partial charge in [0.05, 0.1) is 0 Å². The molecule has 0 N–H and O–H groups in total. The molecule has 0 nitrogen and oxygen atoms in total. The van der Waals surface area contributed by atoms with Crippen LogP contribution in [0.5, 0.6) is 0 Å². The molecule has 0 atom stereocenters. The van der Waals surface area contributed by atoms with Crippen LogP contribution in [0.1, 0.15) is 11.1 Å². The number of thiol groups is 1. The molecule has 0 saturated heterocycles. The fourth-order valence-corrected chi connectivity index (χ4v) is 2.72. The SMILES string of the molecule is Cc1c(CS)ccc2cc3ccccc3cc12. The normalized spacial score (nSPS) is 11.2. The lowest BCUT2D eigenvalue weighted by atomic mass is 9.97. The van der Waals surface area contributed by atoms with Gasteiger partial charge in [0.15, 0.2) is 0 Å². The minimum Gasteiger partial charge on any atom is -0.175 e. The van der Waals surface area contributed by atoms with Gasteiger partial charge in [0.1, 0.15) is 0 Å². The molecular weight excluding hydrogens is 224 g/mol. The molecule has 0 aliphatic heterocycles. The molecule has 0 aliphatic rings. The molecule has 0 heterocycles. The second-order valence-corrected chi connectivity index (χ2v) is 4.74. The largest absolute Gasteiger partial charge is 0.175 e. The van der Waals surface area contributed by atoms with E-state index in [9.17, 15) is 0 Å². The second-order valence-electron chi connectivity index (χ2n) is 4.43. The van der Waals surface area contributed by atoms with Gasteiger partial charge in [-0.15, -0.1) is 0 Å². The monoisotopic (exact) mass is 238 g/mol. The summed E-state index contributed by atoms with van der Waals surface area (Å²) < 4.78 is 0. The van der Waals surface area contributed by atoms with Crippen molar-refractivity contribution in [3.8, 4) is 0 Å². The van der Waals surface area contributed by atoms with Crippen LogP contribution in [0.2, 0.25) is 0 Å². The summed E-state index contributed by atoms with van der Waals surface area (Å²) in [6, 6.07) is 17.4. The zero-order valence-corrected chi connectivity index (χ0v) is 10.7. The van der Waals surface area contributed by atoms with Crippen molar-refractivity contribution in [2.75, 3.05) is 0 Å². The highest BCUT2D eigenvalue weighted by molar-refractivity contribution is 7.79. The van der Waals surface area contributed by atoms with Crippen molar-refractivity contribution in [1.29, 1.82) is 0 Å². The van der Waals surface area contributed by atoms with Crippen LogP contribution in [0.3, 0.4) is 0 Å². The van der Waals surface area contributed by atoms with Gasteiger partial charge in [0, 0.05) is 5.75 Å². The van der Waals surface area contributed by atoms with Gasteiger partial charge < -0.3 is 0 Å². The van der Waals surface area contributed by atoms with E-state index in [1.165, 1.54) is 32.7 Å². The number of aryl methyl sites for hydroxylation is 1. The van der Waals surface area contributed by atoms with E-state index < -0.39 is 0 Å². The average Bonchev–Trinajstić information content (AvgIpc) is 2.37. The Morgan fingerprint density at radius 3 is 2.29 bits per heavy atom. The number of hydrogen-bond acceptors (Lipinski definition) is 1. The average molecular weight is 238 g/mol. The number of fused-ring (bicyclic) bond motifs is 2. The van der Waals surface area contributed by atoms with Crippen molar-refractivity contribution < 1.29 is 0 Å². The molecule has 3 aromatic rings. The number of rotatable bonds is 1. The van der Waals surface area contributed by atoms with Crippen molar-refractivity contribution in [1.82, 2.24) is 0 Å². The van der Waals surface area contributed by atoms with Crippen LogP contribution in [-0.4, -0.2) is 0 Å². The quantitative estimate of drug-likeness (QED) is 0.460. The van der Waals surface area contributed by atoms with Crippen LogP contribution in [-0.2, 0) is 5.75 Å². The fraction of sp³-hybridized carbons (Fsp3) is 0.125. The summed E-state index contributed by atoms with van der Waals surface area (Å²) in [7, 11) is 0. The summed E-state index contributed by atoms with van der Waals surface area (Å²) in [5, 5.41) is 5.26. The van der Waals surface area contributed by atoms with E-state index in [1.807, 2.05) is 0 Å². The number of benzene rings is 3. The molecule has 3 aromatic carbocycles. The molecule has 0 spiro atoms. The fourth-order valence-electron chi connectivity index (χ4n) is 2.38. The van der Waals surface area contributed by atoms with Gasteiger partial charge in [-0.25, -0.2) is 0 Å². The zero-order valence-electron chi connectivity index (χ0n) is 9.77. The van der Waals surface area contributed by atoms with Gasteiger partial charge in [0.25, 0.3) is 0 Å². The van der Waals surface area contributed by atoms with Gasteiger partial charge in [-0.05, 0) is 51.7 Å². The van der Waals surface area contributed by atoms with Crippen molar-refractivity contribution in [2.45, 2.75) is 12.7 Å². The molecule has 0 amide bonds. The second kappa shape index (κ2) is 4.08. The summed E-state index contributed by atoms with van der Waals surface area (Å²) >= 11 is 4.38. The molecular formula is C16H14S. The van der Waals surface area contributed by atoms with Crippen molar-refractivity contribution in [3.63, 3.8) is 0 Å². The third kappa shape index (κ3) is 1.71. The highest BCUT2D eigenvalue weighted by Gasteiger charge is 2.03. The molecule has 84 valence electrons. The minimum atomic E-state index is 0.800. The lowest BCUT2D eigenvalue weighted by Gasteiger charge is -2.09. The Kier molecular flexibility index (Phi) is 2.56. The third-order valence-electron chi connectivity index (χ3n) is 3.44. The van der Waals surface area contributed by atoms with Crippen LogP contribution in [0, 0.1) is 6.92 Å². The molecule has 17 heavy (non-hydrogen) atoms. The molecule has 0 aromatic heterocycles. The molecule has 1 heteroatoms. The summed E-state index contributed by atoms with van der Waals surface area (Å²) in [6.45, 7) is 2.18. The predicted molar refractivity (Wildman–Crippen MR) is 78.9 cm³/mol. The van der Waals surface area contributed by atoms with Crippen LogP contribution in [0.25, 0.3) is 21.5 Å². The molecule has 0 radical (unpaired) electrons. The van der Waals surface area contributed by atoms with Crippen molar-refractivity contribution in [3.05, 3.63) is 59.7 Å². The number of hydrogen-bond donors (Lipinski definition) is 1. The molecule has 0 bridgehead atoms. The minimum absolute atomic E-state index is 0.800. The van der Waals surface area contributed by atoms with E-state index in [2.05, 4.69) is 68.1 Å². The summed E-state index contributed by atoms with van der Waals surface area (Å²) in [6.07, 6.45) is 0. The van der Waals surface area contributed by atoms with Crippen LogP contribution in [0.4, 0.5) is 0 Å². The van der Waals surface area contributed by atoms with Crippen molar-refractivity contribution >= 4 is 34.2 Å². The van der Waals surface area contributed by atoms with E-state index in [0.717, 1.165) is 5.75 Å². The highest BCUT2D eigenvalue weighted by atomic mass is 32.1. The molecule has 0 unspecified atom stereocenters. The van der Waals surface area contributed by atoms with E-state index in [0.29, 0.717) is 0 Å². The van der Waals surface area contributed by atoms with Crippen LogP contribution < -0.4 is 0 Å². The standard InChI is InChI=1S/C16H14S/c1-11-15(10-17)7-6-14-8-12-4-2-3-5-13(12)9-16(11)14/h2-9,17H,10H2,1H3. The first-order chi connectivity index (χ1) is 8.29. The topological polar surface area (TPSA) is 0 Å². The first-order valence-electron chi connectivity index (χ1n) is 5.81. The molecule has 0 fully saturated rings. The Bertz CT molecular complexity index is 698. The predicted octanol–water partition coefficient (Wildman–Crippen LogP) is 4.73. The van der Waals surface area contributed by atoms with Gasteiger partial charge in [-0.3, -0.25) is 0 Å². The van der Waals surface area contributed by atoms with Gasteiger partial charge in [-0.2, -0.15) is 12.6 Å². The molecule has 3 rings (SSSR count). The van der Waals surface area contributed by atoms with Gasteiger partial charge in [0.2, 0.25) is 0 Å². The maximum absolute atomic E-state index is 4.38. The van der Waals surface area contributed by atoms with Crippen LogP contribution >= 0.6 is 12.6 Å². The van der Waals surface area contributed by atoms with E-state index >= 15 is 0 Å². The van der Waals surface area contributed by atoms with E-state index in [-0.39, 0.29) is 0 Å². The lowest BCUT2D eigenvalue weighted by molar-refractivity contribution is 1.35. The zero-order chi connectivity index (χ0) is 11.8. The lowest BCUT2D eigenvalue weighted by Crippen LogP contribution is -1.87. The maximum atomic E-state index is 4.38. The van der Waals surface area contributed by atoms with E-state index in [4.69, 9.17) is 0 Å². The summed E-state index contributed by atoms with van der Waals surface area (Å²) in [5.74, 6) is 0.800. The summed E-state index contributed by atoms with van der Waals surface area (Å²) in [5.41, 5.74) is 2.67. The Hall–Kier alpha value is -1.47. The summed E-state index contributed by atoms with van der Waals surface area (Å²) in [4.78, 5) is 0. The Morgan fingerprint density at radius 1 is 0.882 bits per heavy atom.